The van der Waals surface area contributed by atoms with Crippen molar-refractivity contribution < 1.29 is 4.79 Å². The van der Waals surface area contributed by atoms with E-state index in [4.69, 9.17) is 0 Å². The van der Waals surface area contributed by atoms with Crippen molar-refractivity contribution in [3.05, 3.63) is 51.7 Å². The fourth-order valence-corrected chi connectivity index (χ4v) is 3.36. The lowest BCUT2D eigenvalue weighted by molar-refractivity contribution is -0.118. The Labute approximate surface area is 123 Å². The summed E-state index contributed by atoms with van der Waals surface area (Å²) in [4.78, 5) is 12.3. The lowest BCUT2D eigenvalue weighted by Gasteiger charge is -2.15. The maximum atomic E-state index is 12.3. The van der Waals surface area contributed by atoms with E-state index in [1.807, 2.05) is 18.2 Å². The number of amides is 1. The summed E-state index contributed by atoms with van der Waals surface area (Å²) in [6.07, 6.45) is 1.77. The van der Waals surface area contributed by atoms with E-state index in [1.54, 1.807) is 11.3 Å². The standard InChI is InChI=1S/C16H18N2OS/c1-11-9-20-10-13(11)8-17-15-7-6-12-4-2-3-5-14(12)18-16(15)19/h2-5,9-10,15,17H,6-8H2,1H3,(H,18,19). The van der Waals surface area contributed by atoms with Crippen LogP contribution < -0.4 is 10.6 Å². The predicted octanol–water partition coefficient (Wildman–Crippen LogP) is 3.10. The van der Waals surface area contributed by atoms with Crippen LogP contribution in [0.2, 0.25) is 0 Å². The zero-order valence-electron chi connectivity index (χ0n) is 11.5. The molecule has 2 N–H and O–H groups in total. The highest BCUT2D eigenvalue weighted by molar-refractivity contribution is 7.08. The maximum Gasteiger partial charge on any atom is 0.241 e. The fourth-order valence-electron chi connectivity index (χ4n) is 2.51. The normalized spacial score (nSPS) is 18.2. The zero-order valence-corrected chi connectivity index (χ0v) is 12.3. The van der Waals surface area contributed by atoms with Crippen molar-refractivity contribution in [1.82, 2.24) is 5.32 Å². The Hall–Kier alpha value is -1.65. The van der Waals surface area contributed by atoms with E-state index in [0.29, 0.717) is 0 Å². The van der Waals surface area contributed by atoms with Crippen LogP contribution in [0, 0.1) is 6.92 Å². The SMILES string of the molecule is Cc1cscc1CNC1CCc2ccccc2NC1=O. The topological polar surface area (TPSA) is 41.1 Å². The largest absolute Gasteiger partial charge is 0.324 e. The molecule has 1 atom stereocenters. The van der Waals surface area contributed by atoms with Gasteiger partial charge in [0, 0.05) is 12.2 Å². The van der Waals surface area contributed by atoms with Crippen molar-refractivity contribution >= 4 is 22.9 Å². The van der Waals surface area contributed by atoms with Crippen LogP contribution in [0.25, 0.3) is 0 Å². The second-order valence-electron chi connectivity index (χ2n) is 5.20. The van der Waals surface area contributed by atoms with Crippen molar-refractivity contribution in [2.24, 2.45) is 0 Å². The Morgan fingerprint density at radius 3 is 3.00 bits per heavy atom. The molecule has 0 spiro atoms. The van der Waals surface area contributed by atoms with E-state index in [-0.39, 0.29) is 11.9 Å². The van der Waals surface area contributed by atoms with Crippen LogP contribution in [0.4, 0.5) is 5.69 Å². The molecule has 0 fully saturated rings. The molecule has 104 valence electrons. The smallest absolute Gasteiger partial charge is 0.241 e. The van der Waals surface area contributed by atoms with Crippen molar-refractivity contribution in [3.63, 3.8) is 0 Å². The molecule has 1 amide bonds. The molecule has 0 bridgehead atoms. The van der Waals surface area contributed by atoms with Crippen LogP contribution in [0.5, 0.6) is 0 Å². The molecule has 3 rings (SSSR count). The number of hydrogen-bond acceptors (Lipinski definition) is 3. The van der Waals surface area contributed by atoms with E-state index in [2.05, 4.69) is 34.4 Å². The van der Waals surface area contributed by atoms with Crippen molar-refractivity contribution in [2.45, 2.75) is 32.4 Å². The minimum atomic E-state index is -0.123. The van der Waals surface area contributed by atoms with Gasteiger partial charge in [-0.1, -0.05) is 18.2 Å². The molecular weight excluding hydrogens is 268 g/mol. The van der Waals surface area contributed by atoms with Crippen LogP contribution in [0.3, 0.4) is 0 Å². The summed E-state index contributed by atoms with van der Waals surface area (Å²) < 4.78 is 0. The van der Waals surface area contributed by atoms with Gasteiger partial charge in [0.1, 0.15) is 0 Å². The van der Waals surface area contributed by atoms with E-state index >= 15 is 0 Å². The Morgan fingerprint density at radius 2 is 2.20 bits per heavy atom. The number of rotatable bonds is 3. The summed E-state index contributed by atoms with van der Waals surface area (Å²) in [6, 6.07) is 7.91. The van der Waals surface area contributed by atoms with E-state index in [1.165, 1.54) is 16.7 Å². The lowest BCUT2D eigenvalue weighted by atomic mass is 10.1. The molecule has 2 heterocycles. The van der Waals surface area contributed by atoms with Crippen molar-refractivity contribution in [2.75, 3.05) is 5.32 Å². The third kappa shape index (κ3) is 2.76. The van der Waals surface area contributed by atoms with Crippen molar-refractivity contribution in [3.8, 4) is 0 Å². The van der Waals surface area contributed by atoms with Gasteiger partial charge in [-0.2, -0.15) is 11.3 Å². The fraction of sp³-hybridized carbons (Fsp3) is 0.312. The van der Waals surface area contributed by atoms with Crippen LogP contribution in [0.1, 0.15) is 23.1 Å². The summed E-state index contributed by atoms with van der Waals surface area (Å²) in [7, 11) is 0. The van der Waals surface area contributed by atoms with Gasteiger partial charge in [0.05, 0.1) is 6.04 Å². The molecule has 0 saturated carbocycles. The van der Waals surface area contributed by atoms with Gasteiger partial charge in [-0.3, -0.25) is 4.79 Å². The highest BCUT2D eigenvalue weighted by Crippen LogP contribution is 2.22. The minimum Gasteiger partial charge on any atom is -0.324 e. The Kier molecular flexibility index (Phi) is 3.85. The molecule has 1 aromatic heterocycles. The van der Waals surface area contributed by atoms with Gasteiger partial charge in [0.15, 0.2) is 0 Å². The number of carbonyl (C=O) groups is 1. The molecule has 1 unspecified atom stereocenters. The second kappa shape index (κ2) is 5.77. The first kappa shape index (κ1) is 13.3. The van der Waals surface area contributed by atoms with Gasteiger partial charge in [-0.15, -0.1) is 0 Å². The quantitative estimate of drug-likeness (QED) is 0.910. The zero-order chi connectivity index (χ0) is 13.9. The molecular formula is C16H18N2OS. The summed E-state index contributed by atoms with van der Waals surface area (Å²) in [5.74, 6) is 0.0721. The Bertz CT molecular complexity index is 620. The Balaban J connectivity index is 1.67. The first-order chi connectivity index (χ1) is 9.74. The number of hydrogen-bond donors (Lipinski definition) is 2. The number of aryl methyl sites for hydroxylation is 2. The monoisotopic (exact) mass is 286 g/mol. The van der Waals surface area contributed by atoms with Crippen LogP contribution in [-0.2, 0) is 17.8 Å². The van der Waals surface area contributed by atoms with Gasteiger partial charge in [-0.05, 0) is 53.3 Å². The maximum absolute atomic E-state index is 12.3. The average molecular weight is 286 g/mol. The van der Waals surface area contributed by atoms with E-state index < -0.39 is 0 Å². The number of carbonyl (C=O) groups excluding carboxylic acids is 1. The van der Waals surface area contributed by atoms with Gasteiger partial charge >= 0.3 is 0 Å². The number of benzene rings is 1. The van der Waals surface area contributed by atoms with E-state index in [9.17, 15) is 4.79 Å². The second-order valence-corrected chi connectivity index (χ2v) is 5.94. The number of nitrogens with one attached hydrogen (secondary N) is 2. The molecule has 1 aliphatic rings. The number of fused-ring (bicyclic) bond motifs is 1. The molecule has 4 heteroatoms. The number of para-hydroxylation sites is 1. The Morgan fingerprint density at radius 1 is 1.35 bits per heavy atom. The van der Waals surface area contributed by atoms with Gasteiger partial charge in [-0.25, -0.2) is 0 Å². The van der Waals surface area contributed by atoms with E-state index in [0.717, 1.165) is 25.1 Å². The highest BCUT2D eigenvalue weighted by Gasteiger charge is 2.22. The number of thiophene rings is 1. The molecule has 0 aliphatic carbocycles. The third-order valence-corrected chi connectivity index (χ3v) is 4.70. The summed E-state index contributed by atoms with van der Waals surface area (Å²) in [6.45, 7) is 2.86. The molecule has 2 aromatic rings. The van der Waals surface area contributed by atoms with Crippen molar-refractivity contribution in [1.29, 1.82) is 0 Å². The molecule has 1 aliphatic heterocycles. The van der Waals surface area contributed by atoms with Crippen LogP contribution in [0.15, 0.2) is 35.0 Å². The van der Waals surface area contributed by atoms with Gasteiger partial charge in [0.2, 0.25) is 5.91 Å². The van der Waals surface area contributed by atoms with Gasteiger partial charge in [0.25, 0.3) is 0 Å². The third-order valence-electron chi connectivity index (χ3n) is 3.79. The minimum absolute atomic E-state index is 0.0721. The molecule has 3 nitrogen and oxygen atoms in total. The highest BCUT2D eigenvalue weighted by atomic mass is 32.1. The molecule has 20 heavy (non-hydrogen) atoms. The molecule has 0 radical (unpaired) electrons. The summed E-state index contributed by atoms with van der Waals surface area (Å²) in [5.41, 5.74) is 4.75. The summed E-state index contributed by atoms with van der Waals surface area (Å²) in [5, 5.41) is 10.7. The van der Waals surface area contributed by atoms with Crippen LogP contribution in [-0.4, -0.2) is 11.9 Å². The number of anilines is 1. The summed E-state index contributed by atoms with van der Waals surface area (Å²) >= 11 is 1.71. The lowest BCUT2D eigenvalue weighted by Crippen LogP contribution is -2.39. The average Bonchev–Trinajstić information content (AvgIpc) is 2.78. The first-order valence-corrected chi connectivity index (χ1v) is 7.82. The first-order valence-electron chi connectivity index (χ1n) is 6.88. The van der Waals surface area contributed by atoms with Gasteiger partial charge < -0.3 is 10.6 Å². The van der Waals surface area contributed by atoms with Crippen LogP contribution >= 0.6 is 11.3 Å². The molecule has 1 aromatic carbocycles. The molecule has 0 saturated heterocycles. The predicted molar refractivity (Wildman–Crippen MR) is 83.1 cm³/mol.